The summed E-state index contributed by atoms with van der Waals surface area (Å²) in [5, 5.41) is 6.55. The lowest BCUT2D eigenvalue weighted by molar-refractivity contribution is 0.102. The van der Waals surface area contributed by atoms with Gasteiger partial charge in [-0.3, -0.25) is 4.79 Å². The van der Waals surface area contributed by atoms with Crippen molar-refractivity contribution in [3.8, 4) is 0 Å². The van der Waals surface area contributed by atoms with E-state index in [-0.39, 0.29) is 5.91 Å². The third-order valence-electron chi connectivity index (χ3n) is 2.04. The predicted molar refractivity (Wildman–Crippen MR) is 70.8 cm³/mol. The fourth-order valence-corrected chi connectivity index (χ4v) is 2.21. The predicted octanol–water partition coefficient (Wildman–Crippen LogP) is 3.35. The average molecular weight is 297 g/mol. The van der Waals surface area contributed by atoms with E-state index in [9.17, 15) is 4.79 Å². The molecule has 82 valence electrons. The molecule has 16 heavy (non-hydrogen) atoms. The van der Waals surface area contributed by atoms with Gasteiger partial charge in [-0.1, -0.05) is 15.9 Å². The van der Waals surface area contributed by atoms with Crippen LogP contribution in [-0.2, 0) is 0 Å². The van der Waals surface area contributed by atoms with Gasteiger partial charge in [-0.2, -0.15) is 11.3 Å². The van der Waals surface area contributed by atoms with Gasteiger partial charge in [0.1, 0.15) is 0 Å². The van der Waals surface area contributed by atoms with Crippen LogP contribution in [0, 0.1) is 0 Å². The molecular weight excluding hydrogens is 288 g/mol. The van der Waals surface area contributed by atoms with Gasteiger partial charge in [0, 0.05) is 15.5 Å². The Morgan fingerprint density at radius 3 is 2.88 bits per heavy atom. The Bertz CT molecular complexity index is 511. The van der Waals surface area contributed by atoms with Gasteiger partial charge < -0.3 is 11.1 Å². The highest BCUT2D eigenvalue weighted by atomic mass is 79.9. The number of hydrogen-bond acceptors (Lipinski definition) is 3. The van der Waals surface area contributed by atoms with Crippen LogP contribution in [0.2, 0.25) is 0 Å². The van der Waals surface area contributed by atoms with Crippen LogP contribution in [0.5, 0.6) is 0 Å². The van der Waals surface area contributed by atoms with Crippen LogP contribution in [0.3, 0.4) is 0 Å². The lowest BCUT2D eigenvalue weighted by Gasteiger charge is -2.06. The second-order valence-corrected chi connectivity index (χ2v) is 4.89. The molecule has 0 saturated carbocycles. The van der Waals surface area contributed by atoms with Crippen molar-refractivity contribution in [3.63, 3.8) is 0 Å². The molecule has 1 aromatic heterocycles. The largest absolute Gasteiger partial charge is 0.398 e. The Morgan fingerprint density at radius 2 is 2.19 bits per heavy atom. The molecule has 5 heteroatoms. The van der Waals surface area contributed by atoms with E-state index in [0.717, 1.165) is 10.2 Å². The fourth-order valence-electron chi connectivity index (χ4n) is 1.26. The van der Waals surface area contributed by atoms with Gasteiger partial charge in [0.25, 0.3) is 5.91 Å². The summed E-state index contributed by atoms with van der Waals surface area (Å²) in [7, 11) is 0. The summed E-state index contributed by atoms with van der Waals surface area (Å²) < 4.78 is 0.831. The number of anilines is 2. The van der Waals surface area contributed by atoms with E-state index >= 15 is 0 Å². The number of nitrogen functional groups attached to an aromatic ring is 1. The summed E-state index contributed by atoms with van der Waals surface area (Å²) in [5.41, 5.74) is 7.47. The molecule has 0 unspecified atom stereocenters. The number of hydrogen-bond donors (Lipinski definition) is 2. The third-order valence-corrected chi connectivity index (χ3v) is 3.22. The van der Waals surface area contributed by atoms with Crippen LogP contribution in [0.1, 0.15) is 10.4 Å². The molecule has 1 aromatic carbocycles. The molecule has 0 fully saturated rings. The number of nitrogens with one attached hydrogen (secondary N) is 1. The number of carbonyl (C=O) groups is 1. The van der Waals surface area contributed by atoms with Crippen LogP contribution < -0.4 is 11.1 Å². The van der Waals surface area contributed by atoms with E-state index in [1.165, 1.54) is 11.3 Å². The van der Waals surface area contributed by atoms with Crippen molar-refractivity contribution < 1.29 is 4.79 Å². The molecule has 3 N–H and O–H groups in total. The van der Waals surface area contributed by atoms with Crippen LogP contribution in [0.15, 0.2) is 39.5 Å². The molecule has 1 heterocycles. The van der Waals surface area contributed by atoms with E-state index in [1.807, 2.05) is 16.8 Å². The van der Waals surface area contributed by atoms with Crippen molar-refractivity contribution in [1.82, 2.24) is 0 Å². The maximum Gasteiger partial charge on any atom is 0.257 e. The molecule has 2 aromatic rings. The van der Waals surface area contributed by atoms with E-state index in [2.05, 4.69) is 21.2 Å². The number of thiophene rings is 1. The molecule has 1 amide bonds. The first kappa shape index (κ1) is 11.2. The van der Waals surface area contributed by atoms with Crippen molar-refractivity contribution in [2.24, 2.45) is 0 Å². The quantitative estimate of drug-likeness (QED) is 0.835. The fraction of sp³-hybridized carbons (Fsp3) is 0. The number of rotatable bonds is 2. The minimum Gasteiger partial charge on any atom is -0.398 e. The Labute approximate surface area is 105 Å². The molecule has 3 nitrogen and oxygen atoms in total. The van der Waals surface area contributed by atoms with Crippen LogP contribution in [0.4, 0.5) is 11.4 Å². The third kappa shape index (κ3) is 2.43. The molecule has 0 aliphatic rings. The first-order chi connectivity index (χ1) is 7.66. The molecule has 0 aliphatic heterocycles. The molecule has 0 spiro atoms. The van der Waals surface area contributed by atoms with Crippen molar-refractivity contribution in [1.29, 1.82) is 0 Å². The summed E-state index contributed by atoms with van der Waals surface area (Å²) >= 11 is 4.84. The van der Waals surface area contributed by atoms with Crippen molar-refractivity contribution in [3.05, 3.63) is 45.1 Å². The Morgan fingerprint density at radius 1 is 1.38 bits per heavy atom. The second-order valence-electron chi connectivity index (χ2n) is 3.20. The van der Waals surface area contributed by atoms with Gasteiger partial charge in [-0.25, -0.2) is 0 Å². The summed E-state index contributed by atoms with van der Waals surface area (Å²) in [6, 6.07) is 7.05. The minimum absolute atomic E-state index is 0.197. The smallest absolute Gasteiger partial charge is 0.257 e. The van der Waals surface area contributed by atoms with Gasteiger partial charge in [0.15, 0.2) is 0 Å². The van der Waals surface area contributed by atoms with E-state index in [1.54, 1.807) is 18.2 Å². The zero-order valence-electron chi connectivity index (χ0n) is 8.24. The lowest BCUT2D eigenvalue weighted by atomic mass is 10.1. The van der Waals surface area contributed by atoms with E-state index in [4.69, 9.17) is 5.73 Å². The SMILES string of the molecule is Nc1ccc(Br)cc1C(=O)Nc1ccsc1. The highest BCUT2D eigenvalue weighted by Gasteiger charge is 2.10. The molecule has 0 bridgehead atoms. The zero-order chi connectivity index (χ0) is 11.5. The van der Waals surface area contributed by atoms with Gasteiger partial charge in [-0.15, -0.1) is 0 Å². The van der Waals surface area contributed by atoms with Gasteiger partial charge in [0.05, 0.1) is 11.3 Å². The number of benzene rings is 1. The summed E-state index contributed by atoms with van der Waals surface area (Å²) in [6.45, 7) is 0. The topological polar surface area (TPSA) is 55.1 Å². The Hall–Kier alpha value is -1.33. The molecule has 0 aliphatic carbocycles. The van der Waals surface area contributed by atoms with E-state index in [0.29, 0.717) is 11.3 Å². The number of amides is 1. The van der Waals surface area contributed by atoms with Crippen molar-refractivity contribution in [2.45, 2.75) is 0 Å². The lowest BCUT2D eigenvalue weighted by Crippen LogP contribution is -2.13. The summed E-state index contributed by atoms with van der Waals surface area (Å²) in [5.74, 6) is -0.197. The van der Waals surface area contributed by atoms with Crippen LogP contribution in [-0.4, -0.2) is 5.91 Å². The standard InChI is InChI=1S/C11H9BrN2OS/c12-7-1-2-10(13)9(5-7)11(15)14-8-3-4-16-6-8/h1-6H,13H2,(H,14,15). The number of carbonyl (C=O) groups excluding carboxylic acids is 1. The summed E-state index contributed by atoms with van der Waals surface area (Å²) in [4.78, 5) is 11.9. The molecule has 0 saturated heterocycles. The Balaban J connectivity index is 2.24. The van der Waals surface area contributed by atoms with Gasteiger partial charge in [-0.05, 0) is 29.6 Å². The molecule has 2 rings (SSSR count). The zero-order valence-corrected chi connectivity index (χ0v) is 10.6. The first-order valence-corrected chi connectivity index (χ1v) is 6.29. The minimum atomic E-state index is -0.197. The molecule has 0 atom stereocenters. The van der Waals surface area contributed by atoms with Gasteiger partial charge in [0.2, 0.25) is 0 Å². The van der Waals surface area contributed by atoms with E-state index < -0.39 is 0 Å². The summed E-state index contributed by atoms with van der Waals surface area (Å²) in [6.07, 6.45) is 0. The first-order valence-electron chi connectivity index (χ1n) is 4.55. The van der Waals surface area contributed by atoms with Crippen LogP contribution in [0.25, 0.3) is 0 Å². The number of nitrogens with two attached hydrogens (primary N) is 1. The Kier molecular flexibility index (Phi) is 3.26. The monoisotopic (exact) mass is 296 g/mol. The van der Waals surface area contributed by atoms with Crippen molar-refractivity contribution >= 4 is 44.5 Å². The number of halogens is 1. The van der Waals surface area contributed by atoms with Gasteiger partial charge >= 0.3 is 0 Å². The second kappa shape index (κ2) is 4.67. The maximum atomic E-state index is 11.9. The van der Waals surface area contributed by atoms with Crippen LogP contribution >= 0.6 is 27.3 Å². The maximum absolute atomic E-state index is 11.9. The highest BCUT2D eigenvalue weighted by molar-refractivity contribution is 9.10. The van der Waals surface area contributed by atoms with Crippen molar-refractivity contribution in [2.75, 3.05) is 11.1 Å². The normalized spacial score (nSPS) is 10.1. The highest BCUT2D eigenvalue weighted by Crippen LogP contribution is 2.20. The molecular formula is C11H9BrN2OS. The molecule has 0 radical (unpaired) electrons. The average Bonchev–Trinajstić information content (AvgIpc) is 2.74.